The zero-order valence-electron chi connectivity index (χ0n) is 20.4. The Labute approximate surface area is 205 Å². The molecule has 0 aliphatic carbocycles. The van der Waals surface area contributed by atoms with Gasteiger partial charge in [-0.05, 0) is 56.2 Å². The van der Waals surface area contributed by atoms with E-state index in [1.54, 1.807) is 62.2 Å². The molecule has 0 spiro atoms. The van der Waals surface area contributed by atoms with Crippen molar-refractivity contribution >= 4 is 10.9 Å². The summed E-state index contributed by atoms with van der Waals surface area (Å²) < 4.78 is 36.1. The highest BCUT2D eigenvalue weighted by Gasteiger charge is 2.29. The van der Waals surface area contributed by atoms with Gasteiger partial charge in [0.15, 0.2) is 5.82 Å². The summed E-state index contributed by atoms with van der Waals surface area (Å²) in [6.45, 7) is 6.81. The van der Waals surface area contributed by atoms with Gasteiger partial charge < -0.3 is 5.32 Å². The Hall–Kier alpha value is -4.05. The van der Waals surface area contributed by atoms with Crippen LogP contribution in [0.4, 0.5) is 8.78 Å². The standard InChI is InChI=1S/C26H25F2N7O/c1-14-11-17(12-15(2)21(14)27)23-25(24-16(3)29-7-8-35(24)31-23)34-10-9-33(26(34)36)20-6-5-19-18(22(20)28)13-30-32(19)4/h5-6,9-13,16,29H,7-8H2,1-4H3. The number of aryl methyl sites for hydroxylation is 3. The van der Waals surface area contributed by atoms with Crippen molar-refractivity contribution in [2.45, 2.75) is 33.4 Å². The van der Waals surface area contributed by atoms with Crippen LogP contribution in [-0.4, -0.2) is 35.2 Å². The number of hydrogen-bond donors (Lipinski definition) is 1. The lowest BCUT2D eigenvalue weighted by Crippen LogP contribution is -2.33. The van der Waals surface area contributed by atoms with Gasteiger partial charge in [0.25, 0.3) is 0 Å². The lowest BCUT2D eigenvalue weighted by atomic mass is 10.0. The minimum atomic E-state index is -0.516. The van der Waals surface area contributed by atoms with Crippen LogP contribution in [0.3, 0.4) is 0 Å². The highest BCUT2D eigenvalue weighted by Crippen LogP contribution is 2.35. The van der Waals surface area contributed by atoms with Crippen LogP contribution in [0.15, 0.2) is 47.7 Å². The topological polar surface area (TPSA) is 74.6 Å². The summed E-state index contributed by atoms with van der Waals surface area (Å²) >= 11 is 0. The highest BCUT2D eigenvalue weighted by atomic mass is 19.1. The van der Waals surface area contributed by atoms with Crippen molar-refractivity contribution in [1.29, 1.82) is 0 Å². The number of hydrogen-bond acceptors (Lipinski definition) is 4. The molecule has 3 aromatic heterocycles. The summed E-state index contributed by atoms with van der Waals surface area (Å²) in [6, 6.07) is 6.74. The molecular weight excluding hydrogens is 464 g/mol. The molecule has 1 unspecified atom stereocenters. The summed E-state index contributed by atoms with van der Waals surface area (Å²) in [6.07, 6.45) is 4.63. The Balaban J connectivity index is 1.59. The first kappa shape index (κ1) is 22.4. The van der Waals surface area contributed by atoms with Gasteiger partial charge in [0.2, 0.25) is 0 Å². The highest BCUT2D eigenvalue weighted by molar-refractivity contribution is 5.82. The predicted molar refractivity (Wildman–Crippen MR) is 133 cm³/mol. The average molecular weight is 490 g/mol. The molecule has 6 rings (SSSR count). The molecule has 0 saturated carbocycles. The molecule has 8 nitrogen and oxygen atoms in total. The molecule has 0 fully saturated rings. The van der Waals surface area contributed by atoms with E-state index in [1.165, 1.54) is 15.3 Å². The van der Waals surface area contributed by atoms with Gasteiger partial charge in [0, 0.05) is 37.6 Å². The molecule has 0 bridgehead atoms. The second-order valence-electron chi connectivity index (χ2n) is 9.33. The molecule has 1 aliphatic rings. The monoisotopic (exact) mass is 489 g/mol. The van der Waals surface area contributed by atoms with Crippen molar-refractivity contribution in [1.82, 2.24) is 34.0 Å². The van der Waals surface area contributed by atoms with Crippen LogP contribution in [0.1, 0.15) is 29.8 Å². The fourth-order valence-corrected chi connectivity index (χ4v) is 5.16. The van der Waals surface area contributed by atoms with Crippen molar-refractivity contribution < 1.29 is 8.78 Å². The number of imidazole rings is 1. The first-order valence-corrected chi connectivity index (χ1v) is 11.8. The maximum atomic E-state index is 15.4. The number of nitrogens with zero attached hydrogens (tertiary/aromatic N) is 6. The van der Waals surface area contributed by atoms with Crippen LogP contribution in [0.25, 0.3) is 33.5 Å². The van der Waals surface area contributed by atoms with Crippen molar-refractivity contribution in [3.63, 3.8) is 0 Å². The van der Waals surface area contributed by atoms with Crippen molar-refractivity contribution in [3.8, 4) is 22.6 Å². The number of nitrogens with one attached hydrogen (secondary N) is 1. The quantitative estimate of drug-likeness (QED) is 0.417. The van der Waals surface area contributed by atoms with Gasteiger partial charge in [-0.25, -0.2) is 13.6 Å². The third-order valence-electron chi connectivity index (χ3n) is 6.98. The molecule has 0 amide bonds. The van der Waals surface area contributed by atoms with Gasteiger partial charge >= 0.3 is 5.69 Å². The number of aromatic nitrogens is 6. The minimum Gasteiger partial charge on any atom is -0.307 e. The Morgan fingerprint density at radius 2 is 1.78 bits per heavy atom. The number of fused-ring (bicyclic) bond motifs is 2. The summed E-state index contributed by atoms with van der Waals surface area (Å²) in [7, 11) is 1.74. The Morgan fingerprint density at radius 1 is 1.06 bits per heavy atom. The SMILES string of the molecule is Cc1cc(-c2nn3c(c2-n2ccn(-c4ccc5c(cnn5C)c4F)c2=O)C(C)NCC3)cc(C)c1F. The van der Waals surface area contributed by atoms with Gasteiger partial charge in [-0.1, -0.05) is 0 Å². The van der Waals surface area contributed by atoms with Gasteiger partial charge in [-0.15, -0.1) is 0 Å². The Kier molecular flexibility index (Phi) is 4.97. The first-order valence-electron chi connectivity index (χ1n) is 11.8. The van der Waals surface area contributed by atoms with Crippen LogP contribution in [0.2, 0.25) is 0 Å². The molecular formula is C26H25F2N7O. The lowest BCUT2D eigenvalue weighted by Gasteiger charge is -2.23. The second kappa shape index (κ2) is 7.99. The van der Waals surface area contributed by atoms with E-state index in [1.807, 2.05) is 11.6 Å². The summed E-state index contributed by atoms with van der Waals surface area (Å²) in [5.74, 6) is -0.776. The maximum absolute atomic E-state index is 15.4. The van der Waals surface area contributed by atoms with Crippen LogP contribution >= 0.6 is 0 Å². The smallest absolute Gasteiger partial charge is 0.307 e. The van der Waals surface area contributed by atoms with E-state index in [9.17, 15) is 9.18 Å². The molecule has 4 heterocycles. The molecule has 1 atom stereocenters. The van der Waals surface area contributed by atoms with Crippen molar-refractivity contribution in [2.75, 3.05) is 6.54 Å². The molecule has 0 radical (unpaired) electrons. The first-order chi connectivity index (χ1) is 17.3. The third-order valence-corrected chi connectivity index (χ3v) is 6.98. The minimum absolute atomic E-state index is 0.0728. The van der Waals surface area contributed by atoms with Gasteiger partial charge in [0.05, 0.1) is 35.0 Å². The Bertz CT molecular complexity index is 1700. The number of rotatable bonds is 3. The molecule has 36 heavy (non-hydrogen) atoms. The molecule has 184 valence electrons. The normalized spacial score (nSPS) is 15.6. The zero-order chi connectivity index (χ0) is 25.3. The van der Waals surface area contributed by atoms with Crippen LogP contribution < -0.4 is 11.0 Å². The second-order valence-corrected chi connectivity index (χ2v) is 9.33. The molecule has 10 heteroatoms. The van der Waals surface area contributed by atoms with E-state index in [2.05, 4.69) is 10.4 Å². The average Bonchev–Trinajstić information content (AvgIpc) is 3.53. The van der Waals surface area contributed by atoms with Gasteiger partial charge in [-0.3, -0.25) is 18.5 Å². The van der Waals surface area contributed by atoms with E-state index in [-0.39, 0.29) is 17.5 Å². The number of halogens is 2. The van der Waals surface area contributed by atoms with Crippen LogP contribution in [0.5, 0.6) is 0 Å². The van der Waals surface area contributed by atoms with Crippen LogP contribution in [0, 0.1) is 25.5 Å². The molecule has 2 aromatic carbocycles. The molecule has 1 aliphatic heterocycles. The maximum Gasteiger partial charge on any atom is 0.337 e. The van der Waals surface area contributed by atoms with E-state index < -0.39 is 11.5 Å². The van der Waals surface area contributed by atoms with E-state index in [0.29, 0.717) is 40.0 Å². The van der Waals surface area contributed by atoms with Gasteiger partial charge in [0.1, 0.15) is 17.2 Å². The van der Waals surface area contributed by atoms with E-state index >= 15 is 4.39 Å². The predicted octanol–water partition coefficient (Wildman–Crippen LogP) is 3.94. The molecule has 0 saturated heterocycles. The summed E-state index contributed by atoms with van der Waals surface area (Å²) in [4.78, 5) is 13.7. The van der Waals surface area contributed by atoms with Crippen molar-refractivity contribution in [3.05, 3.63) is 81.8 Å². The van der Waals surface area contributed by atoms with Crippen molar-refractivity contribution in [2.24, 2.45) is 7.05 Å². The summed E-state index contributed by atoms with van der Waals surface area (Å²) in [5.41, 5.74) is 4.11. The zero-order valence-corrected chi connectivity index (χ0v) is 20.4. The largest absolute Gasteiger partial charge is 0.337 e. The molecule has 5 aromatic rings. The fraction of sp³-hybridized carbons (Fsp3) is 0.269. The van der Waals surface area contributed by atoms with E-state index in [4.69, 9.17) is 5.10 Å². The third kappa shape index (κ3) is 3.17. The fourth-order valence-electron chi connectivity index (χ4n) is 5.16. The Morgan fingerprint density at radius 3 is 2.53 bits per heavy atom. The lowest BCUT2D eigenvalue weighted by molar-refractivity contribution is 0.419. The van der Waals surface area contributed by atoms with E-state index in [0.717, 1.165) is 17.8 Å². The van der Waals surface area contributed by atoms with Crippen LogP contribution in [-0.2, 0) is 13.6 Å². The van der Waals surface area contributed by atoms with Gasteiger partial charge in [-0.2, -0.15) is 10.2 Å². The number of benzene rings is 2. The summed E-state index contributed by atoms with van der Waals surface area (Å²) in [5, 5.41) is 12.7. The molecule has 1 N–H and O–H groups in total.